The lowest BCUT2D eigenvalue weighted by Gasteiger charge is -2.30. The van der Waals surface area contributed by atoms with Gasteiger partial charge < -0.3 is 5.11 Å². The van der Waals surface area contributed by atoms with E-state index in [2.05, 4.69) is 21.5 Å². The molecule has 1 unspecified atom stereocenters. The third-order valence-corrected chi connectivity index (χ3v) is 3.22. The highest BCUT2D eigenvalue weighted by atomic mass is 16.4. The van der Waals surface area contributed by atoms with E-state index in [4.69, 9.17) is 5.11 Å². The molecule has 0 aromatic carbocycles. The van der Waals surface area contributed by atoms with Crippen molar-refractivity contribution in [2.75, 3.05) is 13.1 Å². The molecule has 1 aliphatic heterocycles. The van der Waals surface area contributed by atoms with Gasteiger partial charge in [-0.2, -0.15) is 4.80 Å². The second-order valence-electron chi connectivity index (χ2n) is 5.14. The van der Waals surface area contributed by atoms with E-state index in [0.717, 1.165) is 12.0 Å². The van der Waals surface area contributed by atoms with E-state index >= 15 is 0 Å². The maximum absolute atomic E-state index is 10.8. The summed E-state index contributed by atoms with van der Waals surface area (Å²) in [5.74, 6) is -0.220. The zero-order valence-corrected chi connectivity index (χ0v) is 11.4. The lowest BCUT2D eigenvalue weighted by molar-refractivity contribution is -0.138. The Bertz CT molecular complexity index is 494. The molecule has 7 nitrogen and oxygen atoms in total. The van der Waals surface area contributed by atoms with E-state index in [0.29, 0.717) is 12.4 Å². The van der Waals surface area contributed by atoms with Gasteiger partial charge in [0.05, 0.1) is 12.6 Å². The third kappa shape index (κ3) is 3.17. The van der Waals surface area contributed by atoms with Crippen LogP contribution in [0.1, 0.15) is 39.1 Å². The van der Waals surface area contributed by atoms with E-state index in [1.54, 1.807) is 4.80 Å². The first-order chi connectivity index (χ1) is 8.97. The summed E-state index contributed by atoms with van der Waals surface area (Å²) in [6.45, 7) is 6.59. The molecule has 19 heavy (non-hydrogen) atoms. The molecule has 1 aromatic rings. The number of nitrogens with zero attached hydrogens (tertiary/aromatic N) is 5. The van der Waals surface area contributed by atoms with Gasteiger partial charge in [0, 0.05) is 18.2 Å². The molecule has 0 radical (unpaired) electrons. The minimum Gasteiger partial charge on any atom is -0.480 e. The maximum atomic E-state index is 10.8. The van der Waals surface area contributed by atoms with Crippen molar-refractivity contribution in [1.82, 2.24) is 25.1 Å². The Morgan fingerprint density at radius 1 is 1.58 bits per heavy atom. The normalized spacial score (nSPS) is 20.6. The second kappa shape index (κ2) is 5.48. The summed E-state index contributed by atoms with van der Waals surface area (Å²) >= 11 is 0. The number of tetrazole rings is 1. The summed E-state index contributed by atoms with van der Waals surface area (Å²) in [5, 5.41) is 21.3. The van der Waals surface area contributed by atoms with Crippen molar-refractivity contribution in [1.29, 1.82) is 0 Å². The molecule has 104 valence electrons. The van der Waals surface area contributed by atoms with Crippen molar-refractivity contribution >= 4 is 11.5 Å². The summed E-state index contributed by atoms with van der Waals surface area (Å²) < 4.78 is 0. The number of aliphatic carboxylic acids is 1. The summed E-state index contributed by atoms with van der Waals surface area (Å²) in [4.78, 5) is 14.3. The van der Waals surface area contributed by atoms with E-state index in [1.165, 1.54) is 0 Å². The molecule has 0 bridgehead atoms. The number of aromatic nitrogens is 4. The minimum atomic E-state index is -0.813. The van der Waals surface area contributed by atoms with Crippen molar-refractivity contribution in [3.63, 3.8) is 0 Å². The Kier molecular flexibility index (Phi) is 3.94. The SMILES string of the molecule is CC1CC=C(c2nnn(C(C)C)n2)CN1CC(=O)O. The van der Waals surface area contributed by atoms with Gasteiger partial charge in [-0.05, 0) is 32.4 Å². The number of hydrogen-bond donors (Lipinski definition) is 1. The largest absolute Gasteiger partial charge is 0.480 e. The van der Waals surface area contributed by atoms with Crippen molar-refractivity contribution < 1.29 is 9.90 Å². The van der Waals surface area contributed by atoms with E-state index in [-0.39, 0.29) is 18.6 Å². The lowest BCUT2D eigenvalue weighted by Crippen LogP contribution is -2.40. The topological polar surface area (TPSA) is 84.1 Å². The van der Waals surface area contributed by atoms with Gasteiger partial charge in [0.15, 0.2) is 0 Å². The van der Waals surface area contributed by atoms with Crippen LogP contribution in [0.2, 0.25) is 0 Å². The molecule has 0 saturated heterocycles. The zero-order valence-electron chi connectivity index (χ0n) is 11.4. The fourth-order valence-electron chi connectivity index (χ4n) is 2.02. The predicted octanol–water partition coefficient (Wildman–Crippen LogP) is 0.816. The summed E-state index contributed by atoms with van der Waals surface area (Å²) in [6, 6.07) is 0.388. The molecular weight excluding hydrogens is 246 g/mol. The summed E-state index contributed by atoms with van der Waals surface area (Å²) in [7, 11) is 0. The van der Waals surface area contributed by atoms with Crippen LogP contribution in [0.15, 0.2) is 6.08 Å². The quantitative estimate of drug-likeness (QED) is 0.867. The Labute approximate surface area is 111 Å². The Balaban J connectivity index is 2.13. The molecule has 0 fully saturated rings. The van der Waals surface area contributed by atoms with Gasteiger partial charge in [0.2, 0.25) is 5.82 Å². The highest BCUT2D eigenvalue weighted by molar-refractivity contribution is 5.70. The molecule has 0 amide bonds. The van der Waals surface area contributed by atoms with Crippen LogP contribution in [-0.2, 0) is 4.79 Å². The van der Waals surface area contributed by atoms with Crippen molar-refractivity contribution in [3.05, 3.63) is 11.9 Å². The number of carboxylic acids is 1. The van der Waals surface area contributed by atoms with Crippen LogP contribution in [0.4, 0.5) is 0 Å². The van der Waals surface area contributed by atoms with Gasteiger partial charge >= 0.3 is 5.97 Å². The van der Waals surface area contributed by atoms with Gasteiger partial charge in [-0.3, -0.25) is 9.69 Å². The van der Waals surface area contributed by atoms with Crippen LogP contribution in [0, 0.1) is 0 Å². The zero-order chi connectivity index (χ0) is 14.0. The Morgan fingerprint density at radius 3 is 2.89 bits per heavy atom. The third-order valence-electron chi connectivity index (χ3n) is 3.22. The van der Waals surface area contributed by atoms with Crippen LogP contribution >= 0.6 is 0 Å². The highest BCUT2D eigenvalue weighted by Gasteiger charge is 2.24. The van der Waals surface area contributed by atoms with Crippen molar-refractivity contribution in [2.45, 2.75) is 39.3 Å². The predicted molar refractivity (Wildman–Crippen MR) is 69.5 cm³/mol. The molecule has 2 heterocycles. The fourth-order valence-corrected chi connectivity index (χ4v) is 2.02. The molecule has 1 N–H and O–H groups in total. The molecule has 7 heteroatoms. The second-order valence-corrected chi connectivity index (χ2v) is 5.14. The van der Waals surface area contributed by atoms with Crippen molar-refractivity contribution in [2.24, 2.45) is 0 Å². The minimum absolute atomic E-state index is 0.0385. The smallest absolute Gasteiger partial charge is 0.317 e. The Hall–Kier alpha value is -1.76. The molecule has 0 aliphatic carbocycles. The fraction of sp³-hybridized carbons (Fsp3) is 0.667. The van der Waals surface area contributed by atoms with Gasteiger partial charge in [-0.25, -0.2) is 0 Å². The Morgan fingerprint density at radius 2 is 2.32 bits per heavy atom. The van der Waals surface area contributed by atoms with Gasteiger partial charge in [-0.1, -0.05) is 6.08 Å². The van der Waals surface area contributed by atoms with E-state index in [1.807, 2.05) is 25.7 Å². The molecular formula is C12H19N5O2. The molecule has 1 aromatic heterocycles. The average Bonchev–Trinajstić information content (AvgIpc) is 2.81. The lowest BCUT2D eigenvalue weighted by atomic mass is 10.0. The monoisotopic (exact) mass is 265 g/mol. The van der Waals surface area contributed by atoms with Gasteiger partial charge in [0.1, 0.15) is 0 Å². The van der Waals surface area contributed by atoms with Crippen LogP contribution < -0.4 is 0 Å². The first-order valence-electron chi connectivity index (χ1n) is 6.42. The van der Waals surface area contributed by atoms with Crippen LogP contribution in [0.3, 0.4) is 0 Å². The van der Waals surface area contributed by atoms with E-state index in [9.17, 15) is 4.79 Å². The standard InChI is InChI=1S/C12H19N5O2/c1-8(2)17-14-12(13-15-17)10-5-4-9(3)16(6-10)7-11(18)19/h5,8-9H,4,6-7H2,1-3H3,(H,18,19). The average molecular weight is 265 g/mol. The highest BCUT2D eigenvalue weighted by Crippen LogP contribution is 2.21. The molecule has 2 rings (SSSR count). The number of hydrogen-bond acceptors (Lipinski definition) is 5. The van der Waals surface area contributed by atoms with Crippen LogP contribution in [0.5, 0.6) is 0 Å². The number of carboxylic acid groups (broad SMARTS) is 1. The summed E-state index contributed by atoms with van der Waals surface area (Å²) in [6.07, 6.45) is 2.88. The first kappa shape index (κ1) is 13.7. The molecule has 1 atom stereocenters. The van der Waals surface area contributed by atoms with Crippen LogP contribution in [0.25, 0.3) is 5.57 Å². The maximum Gasteiger partial charge on any atom is 0.317 e. The van der Waals surface area contributed by atoms with E-state index < -0.39 is 5.97 Å². The molecule has 0 spiro atoms. The van der Waals surface area contributed by atoms with Crippen molar-refractivity contribution in [3.8, 4) is 0 Å². The van der Waals surface area contributed by atoms with Gasteiger partial charge in [-0.15, -0.1) is 10.2 Å². The number of rotatable bonds is 4. The van der Waals surface area contributed by atoms with Gasteiger partial charge in [0.25, 0.3) is 0 Å². The molecule has 1 aliphatic rings. The molecule has 0 saturated carbocycles. The first-order valence-corrected chi connectivity index (χ1v) is 6.42. The van der Waals surface area contributed by atoms with Crippen LogP contribution in [-0.4, -0.2) is 55.3 Å². The summed E-state index contributed by atoms with van der Waals surface area (Å²) in [5.41, 5.74) is 0.950. The number of carbonyl (C=O) groups is 1.